The number of isothiocyanates is 2. The van der Waals surface area contributed by atoms with E-state index in [0.717, 1.165) is 17.7 Å². The first-order valence-corrected chi connectivity index (χ1v) is 7.40. The van der Waals surface area contributed by atoms with E-state index in [9.17, 15) is 4.21 Å². The smallest absolute Gasteiger partial charge is 0.0584 e. The highest BCUT2D eigenvalue weighted by molar-refractivity contribution is 7.85. The summed E-state index contributed by atoms with van der Waals surface area (Å²) in [4.78, 5) is 4.71. The number of nitrogens with one attached hydrogen (secondary N) is 1. The predicted octanol–water partition coefficient (Wildman–Crippen LogP) is 3.35. The van der Waals surface area contributed by atoms with E-state index in [1.807, 2.05) is 30.3 Å². The summed E-state index contributed by atoms with van der Waals surface area (Å²) in [5, 5.41) is 9.68. The van der Waals surface area contributed by atoms with Crippen LogP contribution in [0.4, 0.5) is 0 Å². The van der Waals surface area contributed by atoms with Crippen LogP contribution in [0.1, 0.15) is 12.8 Å². The molecule has 0 aliphatic heterocycles. The Kier molecular flexibility index (Phi) is 11.7. The van der Waals surface area contributed by atoms with Crippen molar-refractivity contribution in [2.45, 2.75) is 17.7 Å². The molecule has 0 aliphatic rings. The Morgan fingerprint density at radius 3 is 2.39 bits per heavy atom. The molecule has 96 valence electrons. The lowest BCUT2D eigenvalue weighted by molar-refractivity contribution is 0.678. The number of benzene rings is 1. The van der Waals surface area contributed by atoms with E-state index in [1.54, 1.807) is 5.16 Å². The van der Waals surface area contributed by atoms with Crippen molar-refractivity contribution in [3.05, 3.63) is 30.3 Å². The summed E-state index contributed by atoms with van der Waals surface area (Å²) in [5.41, 5.74) is 0. The highest BCUT2D eigenvalue weighted by Crippen LogP contribution is 2.07. The maximum Gasteiger partial charge on any atom is 0.0584 e. The van der Waals surface area contributed by atoms with Gasteiger partial charge in [-0.05, 0) is 49.4 Å². The lowest BCUT2D eigenvalue weighted by Crippen LogP contribution is -1.98. The standard InChI is InChI=1S/C11H13NOS2.CHNS/c13-15(9-5-4-8-12-10-14)11-6-2-1-3-7-11;2-1-3/h1-3,6-7H,4-5,8-9H2;2H. The number of aliphatic imine (C=N–C) groups is 1. The molecule has 0 radical (unpaired) electrons. The van der Waals surface area contributed by atoms with Crippen molar-refractivity contribution in [2.24, 2.45) is 4.99 Å². The Morgan fingerprint density at radius 1 is 1.22 bits per heavy atom. The zero-order valence-electron chi connectivity index (χ0n) is 9.80. The molecular weight excluding hydrogens is 284 g/mol. The van der Waals surface area contributed by atoms with E-state index in [1.165, 1.54) is 0 Å². The van der Waals surface area contributed by atoms with Gasteiger partial charge in [-0.15, -0.1) is 0 Å². The molecule has 3 nitrogen and oxygen atoms in total. The molecule has 6 heteroatoms. The van der Waals surface area contributed by atoms with Crippen LogP contribution in [0, 0.1) is 5.41 Å². The summed E-state index contributed by atoms with van der Waals surface area (Å²) in [7, 11) is -0.877. The van der Waals surface area contributed by atoms with E-state index in [-0.39, 0.29) is 0 Å². The van der Waals surface area contributed by atoms with Crippen LogP contribution in [0.3, 0.4) is 0 Å². The summed E-state index contributed by atoms with van der Waals surface area (Å²) >= 11 is 8.26. The highest BCUT2D eigenvalue weighted by Gasteiger charge is 2.01. The first kappa shape index (κ1) is 17.0. The van der Waals surface area contributed by atoms with Crippen LogP contribution < -0.4 is 0 Å². The average molecular weight is 298 g/mol. The van der Waals surface area contributed by atoms with Gasteiger partial charge in [0.25, 0.3) is 0 Å². The molecule has 1 unspecified atom stereocenters. The average Bonchev–Trinajstić information content (AvgIpc) is 2.40. The normalized spacial score (nSPS) is 10.2. The van der Waals surface area contributed by atoms with Gasteiger partial charge in [0.15, 0.2) is 0 Å². The third-order valence-electron chi connectivity index (χ3n) is 1.92. The van der Waals surface area contributed by atoms with Crippen LogP contribution in [0.25, 0.3) is 0 Å². The fraction of sp³-hybridized carbons (Fsp3) is 0.333. The summed E-state index contributed by atoms with van der Waals surface area (Å²) in [6.07, 6.45) is 1.82. The van der Waals surface area contributed by atoms with Crippen molar-refractivity contribution in [3.63, 3.8) is 0 Å². The van der Waals surface area contributed by atoms with Crippen molar-refractivity contribution in [2.75, 3.05) is 12.3 Å². The molecule has 0 fully saturated rings. The third kappa shape index (κ3) is 9.05. The second-order valence-electron chi connectivity index (χ2n) is 3.14. The molecule has 0 aliphatic carbocycles. The molecule has 1 rings (SSSR count). The molecule has 1 atom stereocenters. The van der Waals surface area contributed by atoms with E-state index >= 15 is 0 Å². The second-order valence-corrected chi connectivity index (χ2v) is 5.10. The minimum absolute atomic E-state index is 0.690. The Bertz CT molecular complexity index is 436. The highest BCUT2D eigenvalue weighted by atomic mass is 32.2. The monoisotopic (exact) mass is 298 g/mol. The van der Waals surface area contributed by atoms with Gasteiger partial charge >= 0.3 is 0 Å². The van der Waals surface area contributed by atoms with Crippen molar-refractivity contribution in [1.29, 1.82) is 5.41 Å². The fourth-order valence-corrected chi connectivity index (χ4v) is 2.41. The Morgan fingerprint density at radius 2 is 1.83 bits per heavy atom. The third-order valence-corrected chi connectivity index (χ3v) is 3.51. The number of thiocarbonyl (C=S) groups is 2. The van der Waals surface area contributed by atoms with Crippen molar-refractivity contribution in [1.82, 2.24) is 0 Å². The van der Waals surface area contributed by atoms with Crippen LogP contribution in [-0.4, -0.2) is 26.8 Å². The van der Waals surface area contributed by atoms with Gasteiger partial charge in [-0.1, -0.05) is 18.2 Å². The maximum absolute atomic E-state index is 11.7. The van der Waals surface area contributed by atoms with Crippen LogP contribution in [0.2, 0.25) is 0 Å². The van der Waals surface area contributed by atoms with Crippen LogP contribution in [-0.2, 0) is 10.8 Å². The molecule has 0 aromatic heterocycles. The number of nitrogens with zero attached hydrogens (tertiary/aromatic N) is 1. The fourth-order valence-electron chi connectivity index (χ4n) is 1.16. The van der Waals surface area contributed by atoms with Gasteiger partial charge in [0, 0.05) is 17.2 Å². The molecule has 1 aromatic carbocycles. The van der Waals surface area contributed by atoms with Gasteiger partial charge in [-0.3, -0.25) is 4.21 Å². The van der Waals surface area contributed by atoms with Crippen molar-refractivity contribution in [3.8, 4) is 0 Å². The summed E-state index contributed by atoms with van der Waals surface area (Å²) in [6, 6.07) is 9.53. The Labute approximate surface area is 120 Å². The molecule has 1 aromatic rings. The number of hydrogen-bond acceptors (Lipinski definition) is 5. The molecule has 0 amide bonds. The number of rotatable bonds is 6. The molecule has 1 N–H and O–H groups in total. The van der Waals surface area contributed by atoms with Gasteiger partial charge in [0.1, 0.15) is 0 Å². The van der Waals surface area contributed by atoms with Crippen molar-refractivity contribution >= 4 is 45.6 Å². The van der Waals surface area contributed by atoms with Gasteiger partial charge < -0.3 is 0 Å². The SMILES string of the molecule is N=C=S.O=S(CCCCN=C=S)c1ccccc1. The lowest BCUT2D eigenvalue weighted by atomic mass is 10.3. The molecule has 0 saturated heterocycles. The molecule has 0 heterocycles. The topological polar surface area (TPSA) is 53.3 Å². The molecular formula is C12H14N2OS3. The Balaban J connectivity index is 0.000000873. The van der Waals surface area contributed by atoms with Gasteiger partial charge in [0.05, 0.1) is 21.1 Å². The quantitative estimate of drug-likeness (QED) is 0.498. The minimum atomic E-state index is -0.877. The first-order valence-electron chi connectivity index (χ1n) is 5.27. The minimum Gasteiger partial charge on any atom is -0.254 e. The second kappa shape index (κ2) is 12.4. The summed E-state index contributed by atoms with van der Waals surface area (Å²) < 4.78 is 11.7. The van der Waals surface area contributed by atoms with Gasteiger partial charge in [0.2, 0.25) is 0 Å². The maximum atomic E-state index is 11.7. The zero-order valence-corrected chi connectivity index (χ0v) is 12.2. The molecule has 0 saturated carbocycles. The number of unbranched alkanes of at least 4 members (excludes halogenated alkanes) is 1. The van der Waals surface area contributed by atoms with E-state index in [2.05, 4.69) is 34.6 Å². The van der Waals surface area contributed by atoms with E-state index in [4.69, 9.17) is 5.41 Å². The molecule has 0 bridgehead atoms. The zero-order chi connectivity index (χ0) is 13.6. The summed E-state index contributed by atoms with van der Waals surface area (Å²) in [5.74, 6) is 0.691. The summed E-state index contributed by atoms with van der Waals surface area (Å²) in [6.45, 7) is 0.690. The molecule has 0 spiro atoms. The molecule has 18 heavy (non-hydrogen) atoms. The number of hydrogen-bond donors (Lipinski definition) is 1. The van der Waals surface area contributed by atoms with Crippen LogP contribution in [0.15, 0.2) is 40.2 Å². The Hall–Kier alpha value is -1.03. The van der Waals surface area contributed by atoms with E-state index in [0.29, 0.717) is 12.3 Å². The van der Waals surface area contributed by atoms with Gasteiger partial charge in [-0.25, -0.2) is 10.4 Å². The van der Waals surface area contributed by atoms with Crippen molar-refractivity contribution < 1.29 is 4.21 Å². The van der Waals surface area contributed by atoms with E-state index < -0.39 is 10.8 Å². The lowest BCUT2D eigenvalue weighted by Gasteiger charge is -2.00. The van der Waals surface area contributed by atoms with Gasteiger partial charge in [-0.2, -0.15) is 0 Å². The largest absolute Gasteiger partial charge is 0.254 e. The van der Waals surface area contributed by atoms with Crippen LogP contribution in [0.5, 0.6) is 0 Å². The first-order chi connectivity index (χ1) is 8.76. The van der Waals surface area contributed by atoms with Crippen LogP contribution >= 0.6 is 24.4 Å². The predicted molar refractivity (Wildman–Crippen MR) is 82.2 cm³/mol.